The topological polar surface area (TPSA) is 50.4 Å². The van der Waals surface area contributed by atoms with Crippen molar-refractivity contribution >= 4 is 22.0 Å². The number of nitrogens with one attached hydrogen (secondary N) is 2. The summed E-state index contributed by atoms with van der Waals surface area (Å²) in [6.07, 6.45) is -3.90. The Morgan fingerprint density at radius 3 is 2.74 bits per heavy atom. The Hall–Kier alpha value is -2.22. The molecule has 3 rings (SSSR count). The van der Waals surface area contributed by atoms with Gasteiger partial charge in [0.15, 0.2) is 0 Å². The van der Waals surface area contributed by atoms with Crippen LogP contribution in [0.1, 0.15) is 42.1 Å². The Morgan fingerprint density at radius 1 is 1.26 bits per heavy atom. The van der Waals surface area contributed by atoms with Crippen LogP contribution in [0.4, 0.5) is 18.0 Å². The Balaban J connectivity index is 1.72. The first kappa shape index (κ1) is 19.5. The fraction of sp³-hybridized carbons (Fsp3) is 0.316. The molecule has 0 aromatic heterocycles. The number of alkyl halides is 3. The molecule has 0 bridgehead atoms. The van der Waals surface area contributed by atoms with E-state index in [1.165, 1.54) is 25.1 Å². The van der Waals surface area contributed by atoms with Gasteiger partial charge in [-0.05, 0) is 36.8 Å². The van der Waals surface area contributed by atoms with Gasteiger partial charge in [0, 0.05) is 16.5 Å². The third-order valence-electron chi connectivity index (χ3n) is 4.40. The number of hydrogen-bond acceptors (Lipinski definition) is 2. The van der Waals surface area contributed by atoms with Crippen LogP contribution in [-0.2, 0) is 6.18 Å². The number of carbonyl (C=O) groups excluding carboxylic acids is 1. The Labute approximate surface area is 163 Å². The van der Waals surface area contributed by atoms with E-state index in [0.29, 0.717) is 18.8 Å². The van der Waals surface area contributed by atoms with E-state index in [2.05, 4.69) is 26.6 Å². The molecule has 2 N–H and O–H groups in total. The van der Waals surface area contributed by atoms with E-state index in [-0.39, 0.29) is 11.6 Å². The van der Waals surface area contributed by atoms with E-state index in [1.54, 1.807) is 0 Å². The molecule has 27 heavy (non-hydrogen) atoms. The second-order valence-corrected chi connectivity index (χ2v) is 7.21. The van der Waals surface area contributed by atoms with Crippen LogP contribution < -0.4 is 15.4 Å². The van der Waals surface area contributed by atoms with Crippen LogP contribution >= 0.6 is 15.9 Å². The number of benzene rings is 2. The van der Waals surface area contributed by atoms with Gasteiger partial charge in [0.25, 0.3) is 0 Å². The molecule has 8 heteroatoms. The maximum atomic E-state index is 13.2. The van der Waals surface area contributed by atoms with Gasteiger partial charge in [-0.3, -0.25) is 0 Å². The monoisotopic (exact) mass is 442 g/mol. The molecule has 4 nitrogen and oxygen atoms in total. The minimum absolute atomic E-state index is 0.0234. The third-order valence-corrected chi connectivity index (χ3v) is 4.89. The van der Waals surface area contributed by atoms with Gasteiger partial charge in [-0.25, -0.2) is 4.79 Å². The summed E-state index contributed by atoms with van der Waals surface area (Å²) in [7, 11) is 0. The van der Waals surface area contributed by atoms with Gasteiger partial charge in [0.05, 0.1) is 24.3 Å². The van der Waals surface area contributed by atoms with Crippen molar-refractivity contribution < 1.29 is 22.7 Å². The summed E-state index contributed by atoms with van der Waals surface area (Å²) in [5.41, 5.74) is 0.0996. The Bertz CT molecular complexity index is 842. The van der Waals surface area contributed by atoms with E-state index in [1.807, 2.05) is 18.2 Å². The molecule has 0 saturated carbocycles. The molecule has 1 aliphatic heterocycles. The highest BCUT2D eigenvalue weighted by molar-refractivity contribution is 9.10. The minimum atomic E-state index is -4.48. The number of ether oxygens (including phenoxy) is 1. The maximum Gasteiger partial charge on any atom is 0.416 e. The first-order chi connectivity index (χ1) is 12.8. The lowest BCUT2D eigenvalue weighted by molar-refractivity contribution is -0.138. The smallest absolute Gasteiger partial charge is 0.416 e. The molecule has 0 radical (unpaired) electrons. The maximum absolute atomic E-state index is 13.2. The normalized spacial score (nSPS) is 17.4. The third kappa shape index (κ3) is 4.55. The van der Waals surface area contributed by atoms with Crippen molar-refractivity contribution in [1.82, 2.24) is 10.6 Å². The van der Waals surface area contributed by atoms with Crippen LogP contribution in [0.25, 0.3) is 0 Å². The number of hydrogen-bond donors (Lipinski definition) is 2. The molecule has 2 aromatic rings. The lowest BCUT2D eigenvalue weighted by Gasteiger charge is -2.28. The van der Waals surface area contributed by atoms with Gasteiger partial charge in [-0.1, -0.05) is 34.1 Å². The van der Waals surface area contributed by atoms with E-state index in [4.69, 9.17) is 4.74 Å². The van der Waals surface area contributed by atoms with Crippen LogP contribution in [0.5, 0.6) is 5.75 Å². The molecular formula is C19H18BrF3N2O2. The molecule has 0 aliphatic carbocycles. The molecule has 1 heterocycles. The number of carbonyl (C=O) groups is 1. The molecule has 2 unspecified atom stereocenters. The Kier molecular flexibility index (Phi) is 5.64. The molecule has 1 aliphatic rings. The zero-order valence-electron chi connectivity index (χ0n) is 14.4. The van der Waals surface area contributed by atoms with E-state index in [9.17, 15) is 18.0 Å². The van der Waals surface area contributed by atoms with Crippen molar-refractivity contribution in [1.29, 1.82) is 0 Å². The van der Waals surface area contributed by atoms with Crippen molar-refractivity contribution in [2.75, 3.05) is 6.61 Å². The summed E-state index contributed by atoms with van der Waals surface area (Å²) in [5, 5.41) is 5.43. The van der Waals surface area contributed by atoms with E-state index < -0.39 is 23.8 Å². The largest absolute Gasteiger partial charge is 0.493 e. The fourth-order valence-electron chi connectivity index (χ4n) is 3.12. The summed E-state index contributed by atoms with van der Waals surface area (Å²) in [5.74, 6) is 0.685. The number of rotatable bonds is 3. The predicted octanol–water partition coefficient (Wildman–Crippen LogP) is 5.35. The van der Waals surface area contributed by atoms with Crippen LogP contribution in [-0.4, -0.2) is 12.6 Å². The quantitative estimate of drug-likeness (QED) is 0.672. The van der Waals surface area contributed by atoms with Gasteiger partial charge in [0.2, 0.25) is 0 Å². The van der Waals surface area contributed by atoms with Gasteiger partial charge < -0.3 is 15.4 Å². The highest BCUT2D eigenvalue weighted by atomic mass is 79.9. The average Bonchev–Trinajstić information content (AvgIpc) is 2.61. The Morgan fingerprint density at radius 2 is 2.00 bits per heavy atom. The standard InChI is InChI=1S/C19H18BrF3N2O2/c1-11(13-4-2-3-5-15(13)19(21,22)23)24-18(26)25-16-8-9-27-17-7-6-12(20)10-14(16)17/h2-7,10-11,16H,8-9H2,1H3,(H2,24,25,26). The number of urea groups is 1. The van der Waals surface area contributed by atoms with Gasteiger partial charge >= 0.3 is 12.2 Å². The summed E-state index contributed by atoms with van der Waals surface area (Å²) in [4.78, 5) is 12.4. The molecule has 144 valence electrons. The van der Waals surface area contributed by atoms with Crippen molar-refractivity contribution in [2.24, 2.45) is 0 Å². The highest BCUT2D eigenvalue weighted by Crippen LogP contribution is 2.35. The molecular weight excluding hydrogens is 425 g/mol. The molecule has 0 spiro atoms. The number of fused-ring (bicyclic) bond motifs is 1. The summed E-state index contributed by atoms with van der Waals surface area (Å²) in [6.45, 7) is 1.98. The first-order valence-corrected chi connectivity index (χ1v) is 9.20. The molecule has 2 atom stereocenters. The second kappa shape index (κ2) is 7.80. The lowest BCUT2D eigenvalue weighted by atomic mass is 10.00. The summed E-state index contributed by atoms with van der Waals surface area (Å²) >= 11 is 3.39. The van der Waals surface area contributed by atoms with E-state index in [0.717, 1.165) is 16.1 Å². The zero-order valence-corrected chi connectivity index (χ0v) is 16.0. The SMILES string of the molecule is CC(NC(=O)NC1CCOc2ccc(Br)cc21)c1ccccc1C(F)(F)F. The van der Waals surface area contributed by atoms with Gasteiger partial charge in [0.1, 0.15) is 5.75 Å². The minimum Gasteiger partial charge on any atom is -0.493 e. The van der Waals surface area contributed by atoms with E-state index >= 15 is 0 Å². The predicted molar refractivity (Wildman–Crippen MR) is 98.5 cm³/mol. The van der Waals surface area contributed by atoms with Gasteiger partial charge in [-0.2, -0.15) is 13.2 Å². The van der Waals surface area contributed by atoms with Crippen LogP contribution in [0.2, 0.25) is 0 Å². The summed E-state index contributed by atoms with van der Waals surface area (Å²) < 4.78 is 46.0. The number of halogens is 4. The van der Waals surface area contributed by atoms with Crippen molar-refractivity contribution in [3.05, 3.63) is 63.6 Å². The average molecular weight is 443 g/mol. The molecule has 0 saturated heterocycles. The van der Waals surface area contributed by atoms with Crippen LogP contribution in [0.3, 0.4) is 0 Å². The summed E-state index contributed by atoms with van der Waals surface area (Å²) in [6, 6.07) is 9.14. The second-order valence-electron chi connectivity index (χ2n) is 6.30. The highest BCUT2D eigenvalue weighted by Gasteiger charge is 2.34. The molecule has 0 fully saturated rings. The first-order valence-electron chi connectivity index (χ1n) is 8.41. The molecule has 2 amide bonds. The van der Waals surface area contributed by atoms with Gasteiger partial charge in [-0.15, -0.1) is 0 Å². The van der Waals surface area contributed by atoms with Crippen molar-refractivity contribution in [3.8, 4) is 5.75 Å². The number of amides is 2. The lowest BCUT2D eigenvalue weighted by Crippen LogP contribution is -2.41. The van der Waals surface area contributed by atoms with Crippen molar-refractivity contribution in [2.45, 2.75) is 31.6 Å². The zero-order chi connectivity index (χ0) is 19.6. The fourth-order valence-corrected chi connectivity index (χ4v) is 3.50. The molecule has 2 aromatic carbocycles. The van der Waals surface area contributed by atoms with Crippen LogP contribution in [0, 0.1) is 0 Å². The van der Waals surface area contributed by atoms with Crippen LogP contribution in [0.15, 0.2) is 46.9 Å². The van der Waals surface area contributed by atoms with Crippen molar-refractivity contribution in [3.63, 3.8) is 0 Å².